The Morgan fingerprint density at radius 2 is 0.955 bits per heavy atom. The summed E-state index contributed by atoms with van der Waals surface area (Å²) in [5.74, 6) is -4.05. The SMILES string of the molecule is COC(=O)C12CC3(C(=O)O)CC1(C(=O)OC)CC3(C(=O)O)C2. The van der Waals surface area contributed by atoms with Crippen LogP contribution in [0.25, 0.3) is 0 Å². The van der Waals surface area contributed by atoms with Gasteiger partial charge in [-0.15, -0.1) is 0 Å². The molecule has 0 aromatic heterocycles. The van der Waals surface area contributed by atoms with E-state index in [1.165, 1.54) is 0 Å². The molecule has 0 unspecified atom stereocenters. The summed E-state index contributed by atoms with van der Waals surface area (Å²) in [4.78, 5) is 48.5. The van der Waals surface area contributed by atoms with Gasteiger partial charge in [0.25, 0.3) is 0 Å². The number of hydrogen-bond donors (Lipinski definition) is 2. The lowest BCUT2D eigenvalue weighted by Gasteiger charge is -2.35. The van der Waals surface area contributed by atoms with Crippen molar-refractivity contribution in [3.8, 4) is 0 Å². The molecule has 4 saturated carbocycles. The number of aliphatic carboxylic acids is 2. The summed E-state index contributed by atoms with van der Waals surface area (Å²) in [7, 11) is 2.29. The number of carbonyl (C=O) groups is 4. The first-order valence-corrected chi connectivity index (χ1v) is 6.82. The van der Waals surface area contributed by atoms with Crippen LogP contribution in [0.5, 0.6) is 0 Å². The van der Waals surface area contributed by atoms with Crippen molar-refractivity contribution in [3.63, 3.8) is 0 Å². The van der Waals surface area contributed by atoms with Gasteiger partial charge in [-0.05, 0) is 25.7 Å². The maximum absolute atomic E-state index is 12.4. The minimum Gasteiger partial charge on any atom is -0.481 e. The Morgan fingerprint density at radius 1 is 0.682 bits per heavy atom. The van der Waals surface area contributed by atoms with Crippen molar-refractivity contribution in [2.24, 2.45) is 21.7 Å². The van der Waals surface area contributed by atoms with Crippen molar-refractivity contribution in [1.82, 2.24) is 0 Å². The highest BCUT2D eigenvalue weighted by Crippen LogP contribution is 2.87. The van der Waals surface area contributed by atoms with Crippen LogP contribution < -0.4 is 0 Å². The Balaban J connectivity index is 2.28. The molecular formula is C14H16O8. The highest BCUT2D eigenvalue weighted by atomic mass is 16.5. The first-order chi connectivity index (χ1) is 10.2. The summed E-state index contributed by atoms with van der Waals surface area (Å²) < 4.78 is 9.58. The molecule has 4 aliphatic rings. The fraction of sp³-hybridized carbons (Fsp3) is 0.714. The second-order valence-corrected chi connectivity index (χ2v) is 6.63. The maximum Gasteiger partial charge on any atom is 0.313 e. The monoisotopic (exact) mass is 312 g/mol. The zero-order chi connectivity index (χ0) is 16.6. The minimum absolute atomic E-state index is 0.205. The van der Waals surface area contributed by atoms with Gasteiger partial charge in [-0.25, -0.2) is 0 Å². The van der Waals surface area contributed by atoms with Gasteiger partial charge in [-0.1, -0.05) is 0 Å². The molecule has 8 heteroatoms. The van der Waals surface area contributed by atoms with Crippen LogP contribution in [0.15, 0.2) is 0 Å². The molecule has 0 amide bonds. The molecule has 4 aliphatic carbocycles. The third-order valence-electron chi connectivity index (χ3n) is 6.22. The molecule has 4 fully saturated rings. The molecule has 4 rings (SSSR count). The second kappa shape index (κ2) is 3.80. The zero-order valence-corrected chi connectivity index (χ0v) is 12.2. The molecular weight excluding hydrogens is 296 g/mol. The standard InChI is InChI=1S/C14H16O8/c1-21-9(19)13-3-11(7(15)16)5-14(13,10(20)22-2)6-12(11,4-13)8(17)18/h3-6H2,1-2H3,(H,15,16)(H,17,18). The van der Waals surface area contributed by atoms with Gasteiger partial charge in [0, 0.05) is 0 Å². The van der Waals surface area contributed by atoms with Gasteiger partial charge in [0.15, 0.2) is 0 Å². The van der Waals surface area contributed by atoms with Gasteiger partial charge < -0.3 is 19.7 Å². The predicted octanol–water partition coefficient (Wildman–Crippen LogP) is 0.0484. The zero-order valence-electron chi connectivity index (χ0n) is 12.2. The smallest absolute Gasteiger partial charge is 0.313 e. The summed E-state index contributed by atoms with van der Waals surface area (Å²) in [6.45, 7) is 0. The Kier molecular flexibility index (Phi) is 2.55. The van der Waals surface area contributed by atoms with Crippen molar-refractivity contribution in [3.05, 3.63) is 0 Å². The van der Waals surface area contributed by atoms with Crippen LogP contribution in [-0.2, 0) is 28.7 Å². The van der Waals surface area contributed by atoms with E-state index >= 15 is 0 Å². The largest absolute Gasteiger partial charge is 0.481 e. The number of carbonyl (C=O) groups excluding carboxylic acids is 2. The number of hydrogen-bond acceptors (Lipinski definition) is 6. The van der Waals surface area contributed by atoms with E-state index in [-0.39, 0.29) is 25.7 Å². The van der Waals surface area contributed by atoms with Crippen molar-refractivity contribution in [2.75, 3.05) is 14.2 Å². The molecule has 8 nitrogen and oxygen atoms in total. The highest BCUT2D eigenvalue weighted by Gasteiger charge is 2.93. The predicted molar refractivity (Wildman–Crippen MR) is 67.5 cm³/mol. The van der Waals surface area contributed by atoms with E-state index < -0.39 is 45.5 Å². The minimum atomic E-state index is -1.64. The molecule has 0 aromatic carbocycles. The van der Waals surface area contributed by atoms with Gasteiger partial charge in [0.2, 0.25) is 0 Å². The first-order valence-electron chi connectivity index (χ1n) is 6.82. The van der Waals surface area contributed by atoms with Crippen LogP contribution >= 0.6 is 0 Å². The van der Waals surface area contributed by atoms with Gasteiger partial charge in [0.1, 0.15) is 0 Å². The number of methoxy groups -OCH3 is 2. The Bertz CT molecular complexity index is 552. The molecule has 0 atom stereocenters. The number of ether oxygens (including phenoxy) is 2. The molecule has 0 spiro atoms. The van der Waals surface area contributed by atoms with Crippen LogP contribution in [0.1, 0.15) is 25.7 Å². The van der Waals surface area contributed by atoms with E-state index in [0.717, 1.165) is 14.2 Å². The van der Waals surface area contributed by atoms with Crippen molar-refractivity contribution >= 4 is 23.9 Å². The molecule has 0 aliphatic heterocycles. The fourth-order valence-electron chi connectivity index (χ4n) is 5.45. The topological polar surface area (TPSA) is 127 Å². The average Bonchev–Trinajstić information content (AvgIpc) is 3.12. The molecule has 4 bridgehead atoms. The van der Waals surface area contributed by atoms with Crippen molar-refractivity contribution in [1.29, 1.82) is 0 Å². The summed E-state index contributed by atoms with van der Waals surface area (Å²) >= 11 is 0. The van der Waals surface area contributed by atoms with Crippen LogP contribution in [0, 0.1) is 21.7 Å². The maximum atomic E-state index is 12.4. The number of carboxylic acids is 2. The number of carboxylic acid groups (broad SMARTS) is 2. The van der Waals surface area contributed by atoms with Crippen LogP contribution in [0.2, 0.25) is 0 Å². The normalized spacial score (nSPS) is 44.1. The van der Waals surface area contributed by atoms with E-state index in [1.54, 1.807) is 0 Å². The molecule has 0 aromatic rings. The summed E-state index contributed by atoms with van der Waals surface area (Å²) in [6.07, 6.45) is -0.820. The third-order valence-corrected chi connectivity index (χ3v) is 6.22. The molecule has 2 N–H and O–H groups in total. The fourth-order valence-corrected chi connectivity index (χ4v) is 5.45. The van der Waals surface area contributed by atoms with E-state index in [9.17, 15) is 29.4 Å². The van der Waals surface area contributed by atoms with Crippen LogP contribution in [0.4, 0.5) is 0 Å². The summed E-state index contributed by atoms with van der Waals surface area (Å²) in [5.41, 5.74) is -6.15. The second-order valence-electron chi connectivity index (χ2n) is 6.63. The van der Waals surface area contributed by atoms with Gasteiger partial charge >= 0.3 is 23.9 Å². The summed E-state index contributed by atoms with van der Waals surface area (Å²) in [6, 6.07) is 0. The lowest BCUT2D eigenvalue weighted by atomic mass is 9.68. The lowest BCUT2D eigenvalue weighted by Crippen LogP contribution is -2.46. The third kappa shape index (κ3) is 1.11. The van der Waals surface area contributed by atoms with Crippen LogP contribution in [0.3, 0.4) is 0 Å². The van der Waals surface area contributed by atoms with Gasteiger partial charge in [0.05, 0.1) is 35.9 Å². The van der Waals surface area contributed by atoms with E-state index in [2.05, 4.69) is 0 Å². The van der Waals surface area contributed by atoms with Gasteiger partial charge in [-0.3, -0.25) is 19.2 Å². The van der Waals surface area contributed by atoms with E-state index in [1.807, 2.05) is 0 Å². The Labute approximate surface area is 125 Å². The van der Waals surface area contributed by atoms with Crippen molar-refractivity contribution < 1.29 is 38.9 Å². The van der Waals surface area contributed by atoms with Crippen molar-refractivity contribution in [2.45, 2.75) is 25.7 Å². The number of rotatable bonds is 4. The molecule has 0 radical (unpaired) electrons. The first kappa shape index (κ1) is 14.8. The molecule has 22 heavy (non-hydrogen) atoms. The van der Waals surface area contributed by atoms with Crippen LogP contribution in [-0.4, -0.2) is 48.3 Å². The van der Waals surface area contributed by atoms with E-state index in [0.29, 0.717) is 0 Å². The lowest BCUT2D eigenvalue weighted by molar-refractivity contribution is -0.172. The molecule has 0 heterocycles. The Hall–Kier alpha value is -2.12. The average molecular weight is 312 g/mol. The quantitative estimate of drug-likeness (QED) is 0.697. The Morgan fingerprint density at radius 3 is 1.14 bits per heavy atom. The summed E-state index contributed by atoms with van der Waals surface area (Å²) in [5, 5.41) is 19.3. The van der Waals surface area contributed by atoms with Gasteiger partial charge in [-0.2, -0.15) is 0 Å². The van der Waals surface area contributed by atoms with E-state index in [4.69, 9.17) is 9.47 Å². The highest BCUT2D eigenvalue weighted by molar-refractivity contribution is 6.01. The molecule has 0 saturated heterocycles. The number of esters is 2. The molecule has 120 valence electrons.